The van der Waals surface area contributed by atoms with Gasteiger partial charge in [-0.25, -0.2) is 0 Å². The highest BCUT2D eigenvalue weighted by molar-refractivity contribution is 5.77. The Kier molecular flexibility index (Phi) is 11.0. The molecule has 3 heteroatoms. The van der Waals surface area contributed by atoms with E-state index < -0.39 is 0 Å². The van der Waals surface area contributed by atoms with Crippen molar-refractivity contribution in [2.75, 3.05) is 6.54 Å². The van der Waals surface area contributed by atoms with Gasteiger partial charge < -0.3 is 4.74 Å². The van der Waals surface area contributed by atoms with Gasteiger partial charge in [0.1, 0.15) is 5.78 Å². The average Bonchev–Trinajstić information content (AvgIpc) is 3.13. The summed E-state index contributed by atoms with van der Waals surface area (Å²) in [5, 5.41) is 0. The standard InChI is InChI=1S/C38H61NO2/c1-9-11-17-32-18-21-38(24-28(4)34(32)23-29(5)37(7,8)20-19-33(40)10-2)30(6)36-35(41-38)22-27(3)25-39(36)26-31-15-13-12-14-16-31/h12-16,27,29-30,32,35-36H,9-11,17-26H2,1-8H3/t27-,29+,30+,32+,35?,36-,38-/m0/s1. The summed E-state index contributed by atoms with van der Waals surface area (Å²) in [6, 6.07) is 11.6. The highest BCUT2D eigenvalue weighted by Crippen LogP contribution is 2.53. The zero-order valence-corrected chi connectivity index (χ0v) is 27.8. The molecule has 2 fully saturated rings. The molecule has 3 aliphatic rings. The first kappa shape index (κ1) is 32.5. The normalized spacial score (nSPS) is 31.8. The molecule has 230 valence electrons. The van der Waals surface area contributed by atoms with Crippen LogP contribution in [0.2, 0.25) is 0 Å². The maximum absolute atomic E-state index is 12.1. The minimum absolute atomic E-state index is 0.0447. The van der Waals surface area contributed by atoms with E-state index in [1.807, 2.05) is 6.92 Å². The van der Waals surface area contributed by atoms with Crippen LogP contribution in [0.1, 0.15) is 132 Å². The molecule has 0 saturated carbocycles. The van der Waals surface area contributed by atoms with E-state index in [2.05, 4.69) is 83.7 Å². The summed E-state index contributed by atoms with van der Waals surface area (Å²) in [5.41, 5.74) is 4.89. The number of hydrogen-bond donors (Lipinski definition) is 0. The summed E-state index contributed by atoms with van der Waals surface area (Å²) in [7, 11) is 0. The molecule has 0 bridgehead atoms. The van der Waals surface area contributed by atoms with E-state index in [0.29, 0.717) is 48.0 Å². The third kappa shape index (κ3) is 7.56. The fourth-order valence-electron chi connectivity index (χ4n) is 8.51. The van der Waals surface area contributed by atoms with Gasteiger partial charge in [0.2, 0.25) is 0 Å². The zero-order chi connectivity index (χ0) is 29.8. The molecule has 2 aliphatic heterocycles. The highest BCUT2D eigenvalue weighted by atomic mass is 16.5. The number of benzene rings is 1. The molecule has 4 rings (SSSR count). The number of ketones is 1. The van der Waals surface area contributed by atoms with Crippen LogP contribution in [-0.4, -0.2) is 35.0 Å². The maximum atomic E-state index is 12.1. The van der Waals surface area contributed by atoms with Crippen molar-refractivity contribution in [2.24, 2.45) is 29.1 Å². The first-order chi connectivity index (χ1) is 19.5. The zero-order valence-electron chi connectivity index (χ0n) is 27.8. The van der Waals surface area contributed by atoms with E-state index in [0.717, 1.165) is 25.8 Å². The number of piperidine rings is 1. The Morgan fingerprint density at radius 1 is 1.17 bits per heavy atom. The van der Waals surface area contributed by atoms with Gasteiger partial charge in [0.15, 0.2) is 0 Å². The monoisotopic (exact) mass is 563 g/mol. The lowest BCUT2D eigenvalue weighted by Crippen LogP contribution is -2.51. The lowest BCUT2D eigenvalue weighted by Gasteiger charge is -2.42. The summed E-state index contributed by atoms with van der Waals surface area (Å²) in [5.74, 6) is 2.83. The number of allylic oxidation sites excluding steroid dienone is 1. The molecule has 7 atom stereocenters. The van der Waals surface area contributed by atoms with E-state index in [9.17, 15) is 4.79 Å². The van der Waals surface area contributed by atoms with Crippen LogP contribution in [0.5, 0.6) is 0 Å². The van der Waals surface area contributed by atoms with Gasteiger partial charge in [0.05, 0.1) is 11.7 Å². The first-order valence-corrected chi connectivity index (χ1v) is 17.2. The van der Waals surface area contributed by atoms with Crippen molar-refractivity contribution < 1.29 is 9.53 Å². The molecule has 0 N–H and O–H groups in total. The van der Waals surface area contributed by atoms with Gasteiger partial charge in [-0.2, -0.15) is 0 Å². The Hall–Kier alpha value is -1.45. The lowest BCUT2D eigenvalue weighted by atomic mass is 9.71. The fraction of sp³-hybridized carbons (Fsp3) is 0.763. The summed E-state index contributed by atoms with van der Waals surface area (Å²) < 4.78 is 7.33. The van der Waals surface area contributed by atoms with E-state index >= 15 is 0 Å². The number of carbonyl (C=O) groups excluding carboxylic acids is 1. The number of hydrogen-bond acceptors (Lipinski definition) is 3. The van der Waals surface area contributed by atoms with Crippen LogP contribution in [0.3, 0.4) is 0 Å². The van der Waals surface area contributed by atoms with Crippen LogP contribution in [-0.2, 0) is 16.1 Å². The molecule has 1 spiro atoms. The number of rotatable bonds is 12. The molecular formula is C38H61NO2. The van der Waals surface area contributed by atoms with Crippen LogP contribution in [0.25, 0.3) is 0 Å². The number of likely N-dealkylation sites (tertiary alicyclic amines) is 1. The summed E-state index contributed by atoms with van der Waals surface area (Å²) in [6.45, 7) is 21.2. The molecule has 3 nitrogen and oxygen atoms in total. The largest absolute Gasteiger partial charge is 0.369 e. The van der Waals surface area contributed by atoms with Crippen LogP contribution < -0.4 is 0 Å². The number of ether oxygens (including phenoxy) is 1. The minimum atomic E-state index is -0.0447. The Balaban J connectivity index is 1.57. The topological polar surface area (TPSA) is 29.5 Å². The van der Waals surface area contributed by atoms with E-state index in [4.69, 9.17) is 4.74 Å². The van der Waals surface area contributed by atoms with Crippen LogP contribution in [0.4, 0.5) is 0 Å². The minimum Gasteiger partial charge on any atom is -0.369 e. The molecule has 2 heterocycles. The van der Waals surface area contributed by atoms with Crippen LogP contribution >= 0.6 is 0 Å². The molecule has 41 heavy (non-hydrogen) atoms. The van der Waals surface area contributed by atoms with Gasteiger partial charge >= 0.3 is 0 Å². The second kappa shape index (κ2) is 13.9. The maximum Gasteiger partial charge on any atom is 0.132 e. The van der Waals surface area contributed by atoms with Gasteiger partial charge in [-0.1, -0.05) is 103 Å². The van der Waals surface area contributed by atoms with Crippen molar-refractivity contribution in [3.63, 3.8) is 0 Å². The van der Waals surface area contributed by atoms with Crippen molar-refractivity contribution in [3.05, 3.63) is 47.0 Å². The van der Waals surface area contributed by atoms with E-state index in [1.165, 1.54) is 57.1 Å². The van der Waals surface area contributed by atoms with Gasteiger partial charge in [-0.3, -0.25) is 9.69 Å². The number of fused-ring (bicyclic) bond motifs is 1. The SMILES string of the molecule is CCCC[C@@H]1CC[C@@]2(CC(C)=C1C[C@@H](C)C(C)(C)CCC(=O)CC)OC1C[C@H](C)CN(Cc3ccccc3)[C@H]1[C@H]2C. The lowest BCUT2D eigenvalue weighted by molar-refractivity contribution is -0.119. The summed E-state index contributed by atoms with van der Waals surface area (Å²) in [6.07, 6.45) is 12.5. The predicted molar refractivity (Wildman–Crippen MR) is 173 cm³/mol. The van der Waals surface area contributed by atoms with Gasteiger partial charge in [-0.05, 0) is 80.6 Å². The van der Waals surface area contributed by atoms with Crippen molar-refractivity contribution in [2.45, 2.75) is 150 Å². The van der Waals surface area contributed by atoms with E-state index in [-0.39, 0.29) is 11.0 Å². The van der Waals surface area contributed by atoms with E-state index in [1.54, 1.807) is 11.1 Å². The van der Waals surface area contributed by atoms with Gasteiger partial charge in [0, 0.05) is 37.9 Å². The smallest absolute Gasteiger partial charge is 0.132 e. The molecule has 1 aliphatic carbocycles. The van der Waals surface area contributed by atoms with Crippen LogP contribution in [0.15, 0.2) is 41.5 Å². The van der Waals surface area contributed by atoms with Gasteiger partial charge in [0.25, 0.3) is 0 Å². The molecule has 0 aromatic heterocycles. The Labute approximate surface area is 252 Å². The molecular weight excluding hydrogens is 502 g/mol. The Morgan fingerprint density at radius 3 is 2.59 bits per heavy atom. The third-order valence-electron chi connectivity index (χ3n) is 11.7. The van der Waals surface area contributed by atoms with Crippen molar-refractivity contribution >= 4 is 5.78 Å². The van der Waals surface area contributed by atoms with Crippen molar-refractivity contribution in [1.82, 2.24) is 4.90 Å². The number of carbonyl (C=O) groups is 1. The third-order valence-corrected chi connectivity index (χ3v) is 11.7. The fourth-order valence-corrected chi connectivity index (χ4v) is 8.51. The molecule has 0 amide bonds. The van der Waals surface area contributed by atoms with Crippen molar-refractivity contribution in [3.8, 4) is 0 Å². The molecule has 0 radical (unpaired) electrons. The van der Waals surface area contributed by atoms with Crippen LogP contribution in [0, 0.1) is 29.1 Å². The number of Topliss-reactive ketones (excluding diaryl/α,β-unsaturated/α-hetero) is 1. The highest BCUT2D eigenvalue weighted by Gasteiger charge is 2.56. The number of nitrogens with zero attached hydrogens (tertiary/aromatic N) is 1. The average molecular weight is 564 g/mol. The molecule has 1 aromatic carbocycles. The molecule has 1 unspecified atom stereocenters. The summed E-state index contributed by atoms with van der Waals surface area (Å²) in [4.78, 5) is 14.9. The molecule has 2 saturated heterocycles. The molecule has 1 aromatic rings. The second-order valence-electron chi connectivity index (χ2n) is 15.1. The summed E-state index contributed by atoms with van der Waals surface area (Å²) >= 11 is 0. The Morgan fingerprint density at radius 2 is 1.90 bits per heavy atom. The Bertz CT molecular complexity index is 1030. The quantitative estimate of drug-likeness (QED) is 0.237. The first-order valence-electron chi connectivity index (χ1n) is 17.2. The van der Waals surface area contributed by atoms with Gasteiger partial charge in [-0.15, -0.1) is 0 Å². The van der Waals surface area contributed by atoms with Crippen molar-refractivity contribution in [1.29, 1.82) is 0 Å². The predicted octanol–water partition coefficient (Wildman–Crippen LogP) is 9.79. The second-order valence-corrected chi connectivity index (χ2v) is 15.1. The number of unbranched alkanes of at least 4 members (excludes halogenated alkanes) is 1.